The van der Waals surface area contributed by atoms with Gasteiger partial charge in [0.25, 0.3) is 0 Å². The normalized spacial score (nSPS) is 17.8. The van der Waals surface area contributed by atoms with E-state index in [0.29, 0.717) is 34.3 Å². The average Bonchev–Trinajstić information content (AvgIpc) is 2.94. The standard InChI is InChI=1S/C28H23ClF6N6OS/c1-17-14-41(24-22(27(30,31)32)3-2-4-23(24)29)26(43-15-17)40-39-13-18-5-7-19(8-6-18)25(36)38-16-37-20-9-11-21(12-10-20)42-28(33,34)35/h2-13,16-17H,14-15H2,1H3,(H2,36,37,38)/b39-13+,40-26-. The van der Waals surface area contributed by atoms with Crippen LogP contribution in [0.3, 0.4) is 0 Å². The number of hydrogen-bond acceptors (Lipinski definition) is 5. The Kier molecular flexibility index (Phi) is 10.0. The Morgan fingerprint density at radius 3 is 2.37 bits per heavy atom. The maximum absolute atomic E-state index is 13.8. The van der Waals surface area contributed by atoms with E-state index in [1.165, 1.54) is 47.1 Å². The number of benzene rings is 3. The summed E-state index contributed by atoms with van der Waals surface area (Å²) in [6.07, 6.45) is -6.77. The topological polar surface area (TPSA) is 87.9 Å². The number of rotatable bonds is 7. The highest BCUT2D eigenvalue weighted by Gasteiger charge is 2.38. The van der Waals surface area contributed by atoms with Gasteiger partial charge in [0.15, 0.2) is 5.17 Å². The Morgan fingerprint density at radius 1 is 1.02 bits per heavy atom. The van der Waals surface area contributed by atoms with Crippen LogP contribution in [0.1, 0.15) is 23.6 Å². The van der Waals surface area contributed by atoms with E-state index < -0.39 is 18.1 Å². The zero-order chi connectivity index (χ0) is 31.2. The minimum Gasteiger partial charge on any atom is -0.406 e. The first-order valence-corrected chi connectivity index (χ1v) is 13.9. The zero-order valence-electron chi connectivity index (χ0n) is 22.3. The Morgan fingerprint density at radius 2 is 1.72 bits per heavy atom. The molecule has 0 radical (unpaired) electrons. The Hall–Kier alpha value is -4.04. The van der Waals surface area contributed by atoms with Crippen LogP contribution in [-0.4, -0.2) is 42.2 Å². The fourth-order valence-electron chi connectivity index (χ4n) is 3.88. The lowest BCUT2D eigenvalue weighted by Gasteiger charge is -2.34. The predicted molar refractivity (Wildman–Crippen MR) is 159 cm³/mol. The number of alkyl halides is 6. The molecule has 0 bridgehead atoms. The number of hydrogen-bond donors (Lipinski definition) is 1. The van der Waals surface area contributed by atoms with Gasteiger partial charge in [-0.05, 0) is 47.9 Å². The largest absolute Gasteiger partial charge is 0.573 e. The molecule has 2 N–H and O–H groups in total. The maximum Gasteiger partial charge on any atom is 0.573 e. The van der Waals surface area contributed by atoms with Crippen molar-refractivity contribution in [3.05, 3.63) is 88.4 Å². The summed E-state index contributed by atoms with van der Waals surface area (Å²) in [5.74, 6) is 0.511. The molecule has 3 aromatic rings. The van der Waals surface area contributed by atoms with Crippen LogP contribution in [0.25, 0.3) is 0 Å². The van der Waals surface area contributed by atoms with Crippen LogP contribution in [-0.2, 0) is 6.18 Å². The smallest absolute Gasteiger partial charge is 0.406 e. The van der Waals surface area contributed by atoms with Gasteiger partial charge in [0.1, 0.15) is 17.9 Å². The summed E-state index contributed by atoms with van der Waals surface area (Å²) in [6.45, 7) is 2.23. The van der Waals surface area contributed by atoms with E-state index >= 15 is 0 Å². The second-order valence-corrected chi connectivity index (χ2v) is 10.6. The molecule has 1 aliphatic rings. The van der Waals surface area contributed by atoms with Crippen LogP contribution in [0.5, 0.6) is 5.75 Å². The second kappa shape index (κ2) is 13.5. The Labute approximate surface area is 251 Å². The van der Waals surface area contributed by atoms with Crippen molar-refractivity contribution in [2.24, 2.45) is 31.8 Å². The van der Waals surface area contributed by atoms with Gasteiger partial charge >= 0.3 is 12.5 Å². The van der Waals surface area contributed by atoms with Crippen molar-refractivity contribution >= 4 is 58.3 Å². The van der Waals surface area contributed by atoms with Crippen molar-refractivity contribution < 1.29 is 31.1 Å². The van der Waals surface area contributed by atoms with E-state index in [9.17, 15) is 26.3 Å². The van der Waals surface area contributed by atoms with Gasteiger partial charge in [-0.3, -0.25) is 0 Å². The van der Waals surface area contributed by atoms with Gasteiger partial charge in [0.2, 0.25) is 0 Å². The van der Waals surface area contributed by atoms with Crippen LogP contribution in [0.4, 0.5) is 37.7 Å². The second-order valence-electron chi connectivity index (χ2n) is 9.21. The maximum atomic E-state index is 13.8. The predicted octanol–water partition coefficient (Wildman–Crippen LogP) is 7.90. The summed E-state index contributed by atoms with van der Waals surface area (Å²) in [6, 6.07) is 15.3. The van der Waals surface area contributed by atoms with Gasteiger partial charge in [-0.1, -0.05) is 60.6 Å². The number of thioether (sulfide) groups is 1. The van der Waals surface area contributed by atoms with E-state index in [0.717, 1.165) is 24.5 Å². The molecule has 4 rings (SSSR count). The lowest BCUT2D eigenvalue weighted by atomic mass is 10.1. The zero-order valence-corrected chi connectivity index (χ0v) is 23.8. The highest BCUT2D eigenvalue weighted by molar-refractivity contribution is 8.14. The summed E-state index contributed by atoms with van der Waals surface area (Å²) < 4.78 is 81.9. The minimum atomic E-state index is -4.78. The molecule has 1 heterocycles. The first kappa shape index (κ1) is 31.9. The lowest BCUT2D eigenvalue weighted by molar-refractivity contribution is -0.274. The number of ether oxygens (including phenoxy) is 1. The van der Waals surface area contributed by atoms with Crippen molar-refractivity contribution in [1.29, 1.82) is 0 Å². The van der Waals surface area contributed by atoms with Crippen LogP contribution >= 0.6 is 23.4 Å². The number of nitrogens with zero attached hydrogens (tertiary/aromatic N) is 5. The van der Waals surface area contributed by atoms with Crippen molar-refractivity contribution in [2.75, 3.05) is 17.2 Å². The van der Waals surface area contributed by atoms with Crippen molar-refractivity contribution in [1.82, 2.24) is 0 Å². The molecule has 1 aliphatic heterocycles. The van der Waals surface area contributed by atoms with Crippen LogP contribution in [0.2, 0.25) is 5.02 Å². The number of nitrogens with two attached hydrogens (primary N) is 1. The van der Waals surface area contributed by atoms with Crippen molar-refractivity contribution in [3.63, 3.8) is 0 Å². The Bertz CT molecular complexity index is 1540. The van der Waals surface area contributed by atoms with Crippen LogP contribution in [0.15, 0.2) is 86.9 Å². The van der Waals surface area contributed by atoms with Crippen molar-refractivity contribution in [2.45, 2.75) is 19.5 Å². The van der Waals surface area contributed by atoms with Gasteiger partial charge in [-0.15, -0.1) is 18.3 Å². The lowest BCUT2D eigenvalue weighted by Crippen LogP contribution is -2.39. The Balaban J connectivity index is 1.44. The van der Waals surface area contributed by atoms with Gasteiger partial charge in [-0.25, -0.2) is 9.98 Å². The van der Waals surface area contributed by atoms with E-state index in [4.69, 9.17) is 17.3 Å². The molecule has 0 saturated carbocycles. The number of aliphatic imine (C=N–C) groups is 2. The fraction of sp³-hybridized carbons (Fsp3) is 0.214. The summed E-state index contributed by atoms with van der Waals surface area (Å²) in [5, 5.41) is 8.56. The number of halogens is 7. The molecule has 1 fully saturated rings. The molecule has 7 nitrogen and oxygen atoms in total. The SMILES string of the molecule is CC1CS/C(=N\N=C\c2ccc(C(N)=NC=Nc3ccc(OC(F)(F)F)cc3)cc2)N(c2c(Cl)cccc2C(F)(F)F)C1. The monoisotopic (exact) mass is 640 g/mol. The average molecular weight is 641 g/mol. The molecule has 3 aromatic carbocycles. The number of para-hydroxylation sites is 1. The molecule has 43 heavy (non-hydrogen) atoms. The van der Waals surface area contributed by atoms with Gasteiger partial charge in [0, 0.05) is 17.9 Å². The van der Waals surface area contributed by atoms with Gasteiger partial charge in [0.05, 0.1) is 28.2 Å². The number of anilines is 1. The molecule has 0 aliphatic carbocycles. The molecule has 0 aromatic heterocycles. The summed E-state index contributed by atoms with van der Waals surface area (Å²) in [7, 11) is 0. The summed E-state index contributed by atoms with van der Waals surface area (Å²) in [5.41, 5.74) is 6.54. The highest BCUT2D eigenvalue weighted by atomic mass is 35.5. The first-order chi connectivity index (χ1) is 20.3. The molecule has 1 unspecified atom stereocenters. The third-order valence-corrected chi connectivity index (χ3v) is 7.42. The molecule has 15 heteroatoms. The molecular formula is C28H23ClF6N6OS. The van der Waals surface area contributed by atoms with E-state index in [-0.39, 0.29) is 28.2 Å². The molecule has 1 atom stereocenters. The molecule has 1 saturated heterocycles. The highest BCUT2D eigenvalue weighted by Crippen LogP contribution is 2.43. The first-order valence-electron chi connectivity index (χ1n) is 12.5. The summed E-state index contributed by atoms with van der Waals surface area (Å²) >= 11 is 7.52. The van der Waals surface area contributed by atoms with E-state index in [1.807, 2.05) is 6.92 Å². The molecule has 226 valence electrons. The van der Waals surface area contributed by atoms with Gasteiger partial charge < -0.3 is 15.4 Å². The third-order valence-electron chi connectivity index (χ3n) is 5.81. The van der Waals surface area contributed by atoms with E-state index in [2.05, 4.69) is 24.9 Å². The summed E-state index contributed by atoms with van der Waals surface area (Å²) in [4.78, 5) is 9.52. The number of amidine groups is 2. The van der Waals surface area contributed by atoms with Crippen molar-refractivity contribution in [3.8, 4) is 5.75 Å². The minimum absolute atomic E-state index is 0.0328. The quantitative estimate of drug-likeness (QED) is 0.123. The molecular weight excluding hydrogens is 618 g/mol. The van der Waals surface area contributed by atoms with Gasteiger partial charge in [-0.2, -0.15) is 18.3 Å². The fourth-order valence-corrected chi connectivity index (χ4v) is 5.12. The third kappa shape index (κ3) is 8.97. The molecule has 0 spiro atoms. The van der Waals surface area contributed by atoms with Crippen LogP contribution < -0.4 is 15.4 Å². The molecule has 0 amide bonds. The van der Waals surface area contributed by atoms with E-state index in [1.54, 1.807) is 24.3 Å². The van der Waals surface area contributed by atoms with Crippen LogP contribution in [0, 0.1) is 5.92 Å².